The summed E-state index contributed by atoms with van der Waals surface area (Å²) in [7, 11) is 3.05. The van der Waals surface area contributed by atoms with E-state index < -0.39 is 23.2 Å². The van der Waals surface area contributed by atoms with Crippen molar-refractivity contribution in [2.24, 2.45) is 5.16 Å². The van der Waals surface area contributed by atoms with Gasteiger partial charge >= 0.3 is 0 Å². The van der Waals surface area contributed by atoms with Gasteiger partial charge in [0.05, 0.1) is 37.1 Å². The summed E-state index contributed by atoms with van der Waals surface area (Å²) >= 11 is 5.80. The quantitative estimate of drug-likeness (QED) is 0.712. The van der Waals surface area contributed by atoms with Crippen LogP contribution in [0.25, 0.3) is 0 Å². The fourth-order valence-corrected chi connectivity index (χ4v) is 3.65. The second kappa shape index (κ2) is 7.04. The number of ether oxygens (including phenoxy) is 2. The molecule has 0 saturated carbocycles. The molecular formula is C20H16ClFN2O5. The molecule has 0 radical (unpaired) electrons. The molecule has 0 N–H and O–H groups in total. The lowest BCUT2D eigenvalue weighted by molar-refractivity contribution is -0.136. The maximum Gasteiger partial charge on any atom is 0.281 e. The van der Waals surface area contributed by atoms with Gasteiger partial charge in [-0.1, -0.05) is 16.8 Å². The van der Waals surface area contributed by atoms with Gasteiger partial charge in [-0.15, -0.1) is 0 Å². The molecule has 1 spiro atoms. The lowest BCUT2D eigenvalue weighted by atomic mass is 9.92. The lowest BCUT2D eigenvalue weighted by Gasteiger charge is -2.19. The number of hydrogen-bond donors (Lipinski definition) is 0. The van der Waals surface area contributed by atoms with Gasteiger partial charge in [0.1, 0.15) is 17.3 Å². The van der Waals surface area contributed by atoms with Gasteiger partial charge in [0.2, 0.25) is 11.5 Å². The van der Waals surface area contributed by atoms with E-state index in [0.717, 1.165) is 11.0 Å². The molecule has 2 aromatic carbocycles. The van der Waals surface area contributed by atoms with Gasteiger partial charge in [-0.2, -0.15) is 0 Å². The van der Waals surface area contributed by atoms with Gasteiger partial charge in [0.25, 0.3) is 5.91 Å². The van der Waals surface area contributed by atoms with E-state index in [0.29, 0.717) is 22.8 Å². The molecular weight excluding hydrogens is 403 g/mol. The van der Waals surface area contributed by atoms with Crippen molar-refractivity contribution in [1.29, 1.82) is 0 Å². The molecule has 9 heteroatoms. The van der Waals surface area contributed by atoms with E-state index in [1.54, 1.807) is 18.2 Å². The van der Waals surface area contributed by atoms with E-state index in [1.807, 2.05) is 0 Å². The van der Waals surface area contributed by atoms with Crippen LogP contribution in [-0.4, -0.2) is 37.3 Å². The number of rotatable bonds is 4. The van der Waals surface area contributed by atoms with Gasteiger partial charge in [-0.25, -0.2) is 9.29 Å². The molecule has 1 unspecified atom stereocenters. The van der Waals surface area contributed by atoms with E-state index in [4.69, 9.17) is 25.9 Å². The first-order valence-electron chi connectivity index (χ1n) is 8.68. The highest BCUT2D eigenvalue weighted by atomic mass is 35.5. The van der Waals surface area contributed by atoms with Gasteiger partial charge in [-0.05, 0) is 36.4 Å². The van der Waals surface area contributed by atoms with Crippen LogP contribution < -0.4 is 14.4 Å². The first-order valence-corrected chi connectivity index (χ1v) is 9.06. The summed E-state index contributed by atoms with van der Waals surface area (Å²) in [4.78, 5) is 32.2. The molecule has 2 aromatic rings. The zero-order valence-electron chi connectivity index (χ0n) is 15.6. The minimum absolute atomic E-state index is 0.0759. The molecule has 1 saturated heterocycles. The Bertz CT molecular complexity index is 1060. The second-order valence-corrected chi connectivity index (χ2v) is 7.08. The molecule has 4 rings (SSSR count). The summed E-state index contributed by atoms with van der Waals surface area (Å²) in [6.07, 6.45) is -0.118. The molecule has 0 aromatic heterocycles. The van der Waals surface area contributed by atoms with Crippen LogP contribution in [0.5, 0.6) is 11.5 Å². The van der Waals surface area contributed by atoms with Gasteiger partial charge in [-0.3, -0.25) is 9.59 Å². The maximum absolute atomic E-state index is 13.5. The predicted octanol–water partition coefficient (Wildman–Crippen LogP) is 3.32. The smallest absolute Gasteiger partial charge is 0.281 e. The van der Waals surface area contributed by atoms with Crippen molar-refractivity contribution in [3.63, 3.8) is 0 Å². The summed E-state index contributed by atoms with van der Waals surface area (Å²) in [6, 6.07) is 8.82. The molecule has 0 bridgehead atoms. The first-order chi connectivity index (χ1) is 13.9. The second-order valence-electron chi connectivity index (χ2n) is 6.68. The minimum Gasteiger partial charge on any atom is -0.497 e. The van der Waals surface area contributed by atoms with E-state index in [-0.39, 0.29) is 23.6 Å². The van der Waals surface area contributed by atoms with E-state index >= 15 is 0 Å². The molecule has 2 aliphatic heterocycles. The largest absolute Gasteiger partial charge is 0.497 e. The van der Waals surface area contributed by atoms with Crippen LogP contribution >= 0.6 is 11.6 Å². The lowest BCUT2D eigenvalue weighted by Crippen LogP contribution is -2.40. The normalized spacial score (nSPS) is 20.8. The van der Waals surface area contributed by atoms with Crippen LogP contribution in [0.3, 0.4) is 0 Å². The van der Waals surface area contributed by atoms with Gasteiger partial charge in [0, 0.05) is 12.0 Å². The third-order valence-corrected chi connectivity index (χ3v) is 5.23. The topological polar surface area (TPSA) is 77.4 Å². The summed E-state index contributed by atoms with van der Waals surface area (Å²) in [5, 5.41) is 3.88. The van der Waals surface area contributed by atoms with Crippen molar-refractivity contribution >= 4 is 34.8 Å². The maximum atomic E-state index is 13.5. The average molecular weight is 419 g/mol. The third kappa shape index (κ3) is 3.09. The summed E-state index contributed by atoms with van der Waals surface area (Å²) in [5.41, 5.74) is -0.214. The summed E-state index contributed by atoms with van der Waals surface area (Å²) < 4.78 is 24.1. The van der Waals surface area contributed by atoms with Gasteiger partial charge < -0.3 is 14.3 Å². The highest BCUT2D eigenvalue weighted by Crippen LogP contribution is 2.41. The zero-order valence-corrected chi connectivity index (χ0v) is 16.3. The molecule has 7 nitrogen and oxygen atoms in total. The van der Waals surface area contributed by atoms with Crippen molar-refractivity contribution in [3.8, 4) is 11.5 Å². The number of benzene rings is 2. The van der Waals surface area contributed by atoms with E-state index in [9.17, 15) is 14.0 Å². The third-order valence-electron chi connectivity index (χ3n) is 4.94. The number of amides is 2. The number of methoxy groups -OCH3 is 2. The molecule has 29 heavy (non-hydrogen) atoms. The predicted molar refractivity (Wildman–Crippen MR) is 103 cm³/mol. The van der Waals surface area contributed by atoms with Crippen LogP contribution in [0.1, 0.15) is 18.4 Å². The highest BCUT2D eigenvalue weighted by molar-refractivity contribution is 6.32. The fourth-order valence-electron chi connectivity index (χ4n) is 3.47. The van der Waals surface area contributed by atoms with Crippen molar-refractivity contribution in [3.05, 3.63) is 52.8 Å². The SMILES string of the molecule is COc1ccc(OC)c(C2=NOC3(CC(=O)N(c4ccc(F)c(Cl)c4)C3=O)C2)c1. The number of anilines is 1. The number of halogens is 2. The molecule has 1 atom stereocenters. The first kappa shape index (κ1) is 19.2. The molecule has 2 aliphatic rings. The highest BCUT2D eigenvalue weighted by Gasteiger charge is 2.58. The number of carbonyl (C=O) groups excluding carboxylic acids is 2. The number of carbonyl (C=O) groups is 2. The number of oxime groups is 1. The van der Waals surface area contributed by atoms with Crippen LogP contribution in [0.15, 0.2) is 41.6 Å². The molecule has 1 fully saturated rings. The minimum atomic E-state index is -1.46. The summed E-state index contributed by atoms with van der Waals surface area (Å²) in [5.74, 6) is -0.584. The van der Waals surface area contributed by atoms with E-state index in [2.05, 4.69) is 5.16 Å². The van der Waals surface area contributed by atoms with Crippen molar-refractivity contribution in [2.45, 2.75) is 18.4 Å². The van der Waals surface area contributed by atoms with Crippen LogP contribution in [0.2, 0.25) is 5.02 Å². The van der Waals surface area contributed by atoms with Crippen LogP contribution in [0.4, 0.5) is 10.1 Å². The van der Waals surface area contributed by atoms with Crippen molar-refractivity contribution in [1.82, 2.24) is 0 Å². The van der Waals surface area contributed by atoms with Crippen molar-refractivity contribution < 1.29 is 28.3 Å². The Morgan fingerprint density at radius 3 is 2.62 bits per heavy atom. The molecule has 2 amide bonds. The van der Waals surface area contributed by atoms with Gasteiger partial charge in [0.15, 0.2) is 0 Å². The number of nitrogens with zero attached hydrogens (tertiary/aromatic N) is 2. The molecule has 2 heterocycles. The molecule has 150 valence electrons. The van der Waals surface area contributed by atoms with Crippen molar-refractivity contribution in [2.75, 3.05) is 19.1 Å². The number of imide groups is 1. The Labute approximate surface area is 170 Å². The van der Waals surface area contributed by atoms with E-state index in [1.165, 1.54) is 26.4 Å². The Morgan fingerprint density at radius 2 is 1.93 bits per heavy atom. The Kier molecular flexibility index (Phi) is 4.66. The molecule has 0 aliphatic carbocycles. The standard InChI is InChI=1S/C20H16ClFN2O5/c1-27-12-4-6-17(28-2)13(8-12)16-9-20(29-23-16)10-18(25)24(19(20)26)11-3-5-15(22)14(21)7-11/h3-8H,9-10H2,1-2H3. The number of hydrogen-bond acceptors (Lipinski definition) is 6. The van der Waals surface area contributed by atoms with Crippen LogP contribution in [-0.2, 0) is 14.4 Å². The zero-order chi connectivity index (χ0) is 20.8. The Morgan fingerprint density at radius 1 is 1.14 bits per heavy atom. The summed E-state index contributed by atoms with van der Waals surface area (Å²) in [6.45, 7) is 0. The average Bonchev–Trinajstić information content (AvgIpc) is 3.25. The van der Waals surface area contributed by atoms with Crippen LogP contribution in [0, 0.1) is 5.82 Å². The Hall–Kier alpha value is -3.13. The fraction of sp³-hybridized carbons (Fsp3) is 0.250. The monoisotopic (exact) mass is 418 g/mol. The Balaban J connectivity index is 1.64.